The van der Waals surface area contributed by atoms with Crippen molar-refractivity contribution in [2.24, 2.45) is 11.7 Å². The maximum absolute atomic E-state index is 6.04. The van der Waals surface area contributed by atoms with Gasteiger partial charge in [-0.15, -0.1) is 0 Å². The topological polar surface area (TPSA) is 47.3 Å². The number of rotatable bonds is 8. The van der Waals surface area contributed by atoms with Crippen molar-refractivity contribution >= 4 is 0 Å². The van der Waals surface area contributed by atoms with E-state index in [1.54, 1.807) is 0 Å². The molecule has 0 heterocycles. The van der Waals surface area contributed by atoms with Crippen LogP contribution >= 0.6 is 0 Å². The second kappa shape index (κ2) is 8.72. The monoisotopic (exact) mass is 268 g/mol. The van der Waals surface area contributed by atoms with Gasteiger partial charge in [-0.1, -0.05) is 38.3 Å². The average molecular weight is 268 g/mol. The summed E-state index contributed by atoms with van der Waals surface area (Å²) in [6.45, 7) is 11.2. The Labute approximate surface area is 119 Å². The van der Waals surface area contributed by atoms with Crippen LogP contribution in [-0.2, 0) is 4.74 Å². The first-order valence-electron chi connectivity index (χ1n) is 7.79. The highest BCUT2D eigenvalue weighted by Crippen LogP contribution is 2.31. The molecule has 1 aliphatic rings. The molecule has 1 aliphatic carbocycles. The van der Waals surface area contributed by atoms with Crippen LogP contribution in [0, 0.1) is 5.92 Å². The van der Waals surface area contributed by atoms with Crippen molar-refractivity contribution in [3.05, 3.63) is 12.2 Å². The number of hydrogen-bond donors (Lipinski definition) is 2. The molecule has 2 unspecified atom stereocenters. The van der Waals surface area contributed by atoms with Crippen LogP contribution in [0.3, 0.4) is 0 Å². The lowest BCUT2D eigenvalue weighted by Gasteiger charge is -2.33. The van der Waals surface area contributed by atoms with E-state index < -0.39 is 0 Å². The van der Waals surface area contributed by atoms with E-state index in [4.69, 9.17) is 10.5 Å². The Bertz CT molecular complexity index is 267. The van der Waals surface area contributed by atoms with Gasteiger partial charge in [-0.25, -0.2) is 0 Å². The van der Waals surface area contributed by atoms with Gasteiger partial charge in [0.25, 0.3) is 0 Å². The minimum Gasteiger partial charge on any atom is -0.376 e. The maximum atomic E-state index is 6.04. The minimum atomic E-state index is 0.149. The molecule has 1 rings (SSSR count). The zero-order valence-corrected chi connectivity index (χ0v) is 12.8. The Morgan fingerprint density at radius 1 is 1.42 bits per heavy atom. The van der Waals surface area contributed by atoms with Crippen LogP contribution < -0.4 is 11.1 Å². The van der Waals surface area contributed by atoms with Crippen LogP contribution in [0.5, 0.6) is 0 Å². The van der Waals surface area contributed by atoms with Crippen molar-refractivity contribution < 1.29 is 4.74 Å². The molecule has 0 aromatic rings. The third-order valence-electron chi connectivity index (χ3n) is 4.36. The molecule has 0 aromatic carbocycles. The highest BCUT2D eigenvalue weighted by molar-refractivity contribution is 4.92. The van der Waals surface area contributed by atoms with Gasteiger partial charge >= 0.3 is 0 Å². The first-order chi connectivity index (χ1) is 9.12. The van der Waals surface area contributed by atoms with Crippen LogP contribution in [-0.4, -0.2) is 31.8 Å². The lowest BCUT2D eigenvalue weighted by atomic mass is 9.89. The summed E-state index contributed by atoms with van der Waals surface area (Å²) in [4.78, 5) is 0. The molecule has 1 saturated carbocycles. The number of ether oxygens (including phenoxy) is 1. The molecule has 2 atom stereocenters. The maximum Gasteiger partial charge on any atom is 0.0672 e. The summed E-state index contributed by atoms with van der Waals surface area (Å²) >= 11 is 0. The Balaban J connectivity index is 2.32. The average Bonchev–Trinajstić information content (AvgIpc) is 2.61. The third kappa shape index (κ3) is 6.07. The zero-order valence-electron chi connectivity index (χ0n) is 12.8. The molecule has 0 aliphatic heterocycles. The summed E-state index contributed by atoms with van der Waals surface area (Å²) in [6.07, 6.45) is 7.71. The number of nitrogens with one attached hydrogen (secondary N) is 1. The highest BCUT2D eigenvalue weighted by atomic mass is 16.5. The van der Waals surface area contributed by atoms with Gasteiger partial charge in [0.15, 0.2) is 0 Å². The molecular formula is C16H32N2O. The van der Waals surface area contributed by atoms with E-state index in [1.807, 2.05) is 6.92 Å². The normalized spacial score (nSPS) is 28.1. The van der Waals surface area contributed by atoms with E-state index in [1.165, 1.54) is 38.5 Å². The second-order valence-electron chi connectivity index (χ2n) is 6.13. The van der Waals surface area contributed by atoms with Crippen LogP contribution in [0.1, 0.15) is 52.4 Å². The minimum absolute atomic E-state index is 0.149. The largest absolute Gasteiger partial charge is 0.376 e. The fourth-order valence-electron chi connectivity index (χ4n) is 2.97. The van der Waals surface area contributed by atoms with Crippen molar-refractivity contribution in [2.75, 3.05) is 26.3 Å². The predicted molar refractivity (Wildman–Crippen MR) is 82.3 cm³/mol. The van der Waals surface area contributed by atoms with E-state index in [0.717, 1.165) is 31.2 Å². The van der Waals surface area contributed by atoms with Crippen LogP contribution in [0.15, 0.2) is 12.2 Å². The Morgan fingerprint density at radius 3 is 2.84 bits per heavy atom. The smallest absolute Gasteiger partial charge is 0.0672 e. The molecule has 112 valence electrons. The van der Waals surface area contributed by atoms with Crippen molar-refractivity contribution in [3.8, 4) is 0 Å². The van der Waals surface area contributed by atoms with Gasteiger partial charge in [0.2, 0.25) is 0 Å². The van der Waals surface area contributed by atoms with Gasteiger partial charge in [-0.05, 0) is 32.1 Å². The van der Waals surface area contributed by atoms with Crippen LogP contribution in [0.2, 0.25) is 0 Å². The van der Waals surface area contributed by atoms with Crippen molar-refractivity contribution in [1.82, 2.24) is 5.32 Å². The van der Waals surface area contributed by atoms with Crippen LogP contribution in [0.25, 0.3) is 0 Å². The standard InChI is InChI=1S/C16H32N2O/c1-4-15-6-5-8-16(13-17,9-7-15)18-10-11-19-12-14(2)3/h15,18H,2,4-13,17H2,1,3H3. The lowest BCUT2D eigenvalue weighted by molar-refractivity contribution is 0.145. The highest BCUT2D eigenvalue weighted by Gasteiger charge is 2.30. The summed E-state index contributed by atoms with van der Waals surface area (Å²) in [5, 5.41) is 3.66. The van der Waals surface area contributed by atoms with Crippen molar-refractivity contribution in [3.63, 3.8) is 0 Å². The van der Waals surface area contributed by atoms with Crippen molar-refractivity contribution in [2.45, 2.75) is 57.9 Å². The van der Waals surface area contributed by atoms with Crippen molar-refractivity contribution in [1.29, 1.82) is 0 Å². The molecule has 3 nitrogen and oxygen atoms in total. The SMILES string of the molecule is C=C(C)COCCNC1(CN)CCCC(CC)CC1. The third-order valence-corrected chi connectivity index (χ3v) is 4.36. The summed E-state index contributed by atoms with van der Waals surface area (Å²) in [6, 6.07) is 0. The molecule has 0 bridgehead atoms. The van der Waals surface area contributed by atoms with E-state index in [2.05, 4.69) is 18.8 Å². The molecule has 19 heavy (non-hydrogen) atoms. The zero-order chi connectivity index (χ0) is 14.1. The molecule has 0 radical (unpaired) electrons. The van der Waals surface area contributed by atoms with Gasteiger partial charge < -0.3 is 15.8 Å². The van der Waals surface area contributed by atoms with Gasteiger partial charge in [0.05, 0.1) is 13.2 Å². The molecule has 0 spiro atoms. The van der Waals surface area contributed by atoms with E-state index in [9.17, 15) is 0 Å². The van der Waals surface area contributed by atoms with E-state index in [0.29, 0.717) is 6.61 Å². The fraction of sp³-hybridized carbons (Fsp3) is 0.875. The van der Waals surface area contributed by atoms with Gasteiger partial charge in [0, 0.05) is 18.6 Å². The summed E-state index contributed by atoms with van der Waals surface area (Å²) in [5.41, 5.74) is 7.27. The summed E-state index contributed by atoms with van der Waals surface area (Å²) in [7, 11) is 0. The van der Waals surface area contributed by atoms with E-state index >= 15 is 0 Å². The molecule has 1 fully saturated rings. The molecule has 0 saturated heterocycles. The van der Waals surface area contributed by atoms with Crippen LogP contribution in [0.4, 0.5) is 0 Å². The second-order valence-corrected chi connectivity index (χ2v) is 6.13. The van der Waals surface area contributed by atoms with Gasteiger partial charge in [-0.3, -0.25) is 0 Å². The predicted octanol–water partition coefficient (Wildman–Crippen LogP) is 2.86. The lowest BCUT2D eigenvalue weighted by Crippen LogP contribution is -2.52. The van der Waals surface area contributed by atoms with Gasteiger partial charge in [0.1, 0.15) is 0 Å². The number of nitrogens with two attached hydrogens (primary N) is 1. The van der Waals surface area contributed by atoms with Gasteiger partial charge in [-0.2, -0.15) is 0 Å². The summed E-state index contributed by atoms with van der Waals surface area (Å²) in [5.74, 6) is 0.898. The first kappa shape index (κ1) is 16.7. The van der Waals surface area contributed by atoms with E-state index in [-0.39, 0.29) is 5.54 Å². The Hall–Kier alpha value is -0.380. The molecule has 3 N–H and O–H groups in total. The Morgan fingerprint density at radius 2 is 2.21 bits per heavy atom. The Kier molecular flexibility index (Phi) is 7.66. The molecule has 0 amide bonds. The molecular weight excluding hydrogens is 236 g/mol. The molecule has 0 aromatic heterocycles. The fourth-order valence-corrected chi connectivity index (χ4v) is 2.97. The summed E-state index contributed by atoms with van der Waals surface area (Å²) < 4.78 is 5.55. The first-order valence-corrected chi connectivity index (χ1v) is 7.79. The number of hydrogen-bond acceptors (Lipinski definition) is 3. The molecule has 3 heteroatoms. The quantitative estimate of drug-likeness (QED) is 0.404.